The summed E-state index contributed by atoms with van der Waals surface area (Å²) in [5, 5.41) is 12.4. The number of hydrogen-bond donors (Lipinski definition) is 1. The minimum absolute atomic E-state index is 0.166. The molecule has 0 aromatic rings. The highest BCUT2D eigenvalue weighted by atomic mass is 16.2. The molecule has 2 heterocycles. The number of rotatable bonds is 0. The third kappa shape index (κ3) is 2.70. The first kappa shape index (κ1) is 15.3. The van der Waals surface area contributed by atoms with E-state index in [9.17, 15) is 10.1 Å². The highest BCUT2D eigenvalue weighted by Crippen LogP contribution is 2.41. The molecule has 0 aromatic carbocycles. The molecule has 6 heteroatoms. The predicted octanol–water partition coefficient (Wildman–Crippen LogP) is 0.808. The Morgan fingerprint density at radius 2 is 1.91 bits per heavy atom. The van der Waals surface area contributed by atoms with Crippen LogP contribution >= 0.6 is 0 Å². The highest BCUT2D eigenvalue weighted by Gasteiger charge is 2.49. The number of hydrogen-bond acceptors (Lipinski definition) is 5. The van der Waals surface area contributed by atoms with E-state index >= 15 is 0 Å². The van der Waals surface area contributed by atoms with Gasteiger partial charge in [0.1, 0.15) is 0 Å². The van der Waals surface area contributed by atoms with E-state index in [1.807, 2.05) is 0 Å². The molecule has 3 rings (SSSR count). The molecule has 0 aromatic heterocycles. The summed E-state index contributed by atoms with van der Waals surface area (Å²) in [6, 6.07) is 2.21. The van der Waals surface area contributed by atoms with Crippen LogP contribution in [0.1, 0.15) is 32.6 Å². The average Bonchev–Trinajstić information content (AvgIpc) is 2.51. The molecule has 0 bridgehead atoms. The largest absolute Gasteiger partial charge is 0.340 e. The van der Waals surface area contributed by atoms with Crippen molar-refractivity contribution in [1.82, 2.24) is 15.1 Å². The number of nitrogens with zero attached hydrogens (tertiary/aromatic N) is 4. The van der Waals surface area contributed by atoms with Crippen molar-refractivity contribution in [3.8, 4) is 6.07 Å². The van der Waals surface area contributed by atoms with Crippen LogP contribution in [0.5, 0.6) is 0 Å². The van der Waals surface area contributed by atoms with E-state index in [-0.39, 0.29) is 5.91 Å². The van der Waals surface area contributed by atoms with Crippen LogP contribution in [0.4, 0.5) is 0 Å². The van der Waals surface area contributed by atoms with Gasteiger partial charge in [-0.25, -0.2) is 4.99 Å². The summed E-state index contributed by atoms with van der Waals surface area (Å²) in [6.45, 7) is 5.93. The molecule has 1 atom stereocenters. The molecule has 22 heavy (non-hydrogen) atoms. The summed E-state index contributed by atoms with van der Waals surface area (Å²) in [4.78, 5) is 21.8. The number of carbonyl (C=O) groups excluding carboxylic acids is 1. The summed E-state index contributed by atoms with van der Waals surface area (Å²) in [6.07, 6.45) is 3.78. The van der Waals surface area contributed by atoms with E-state index in [4.69, 9.17) is 4.99 Å². The Hall–Kier alpha value is -1.61. The van der Waals surface area contributed by atoms with Crippen molar-refractivity contribution >= 4 is 11.9 Å². The second kappa shape index (κ2) is 5.88. The van der Waals surface area contributed by atoms with Crippen molar-refractivity contribution < 1.29 is 4.79 Å². The van der Waals surface area contributed by atoms with Crippen LogP contribution in [-0.4, -0.2) is 60.4 Å². The number of carbonyl (C=O) groups is 1. The second-order valence-corrected chi connectivity index (χ2v) is 7.06. The van der Waals surface area contributed by atoms with E-state index in [1.54, 1.807) is 0 Å². The molecule has 3 aliphatic rings. The zero-order valence-electron chi connectivity index (χ0n) is 13.5. The molecule has 6 nitrogen and oxygen atoms in total. The van der Waals surface area contributed by atoms with Crippen molar-refractivity contribution in [2.24, 2.45) is 16.8 Å². The molecular formula is C16H25N5O. The van der Waals surface area contributed by atoms with Gasteiger partial charge in [0.05, 0.1) is 11.6 Å². The van der Waals surface area contributed by atoms with Crippen LogP contribution in [0, 0.1) is 23.2 Å². The number of piperazine rings is 1. The lowest BCUT2D eigenvalue weighted by molar-refractivity contribution is -0.125. The zero-order chi connectivity index (χ0) is 15.7. The monoisotopic (exact) mass is 303 g/mol. The SMILES string of the molecule is CC1CCC2(CC1)N=C(N1CCN(C)CC1)NC(=O)C2C#N. The molecule has 2 fully saturated rings. The Balaban J connectivity index is 1.86. The van der Waals surface area contributed by atoms with Crippen LogP contribution in [0.3, 0.4) is 0 Å². The van der Waals surface area contributed by atoms with Crippen LogP contribution < -0.4 is 5.32 Å². The van der Waals surface area contributed by atoms with Gasteiger partial charge in [-0.2, -0.15) is 5.26 Å². The summed E-state index contributed by atoms with van der Waals surface area (Å²) >= 11 is 0. The molecule has 1 spiro atoms. The van der Waals surface area contributed by atoms with Crippen LogP contribution in [0.15, 0.2) is 4.99 Å². The third-order valence-electron chi connectivity index (χ3n) is 5.44. The number of nitrogens with one attached hydrogen (secondary N) is 1. The van der Waals surface area contributed by atoms with Gasteiger partial charge in [0, 0.05) is 26.2 Å². The minimum atomic E-state index is -0.642. The summed E-state index contributed by atoms with van der Waals surface area (Å²) < 4.78 is 0. The molecule has 1 unspecified atom stereocenters. The fourth-order valence-corrected chi connectivity index (χ4v) is 3.74. The van der Waals surface area contributed by atoms with Gasteiger partial charge in [-0.15, -0.1) is 0 Å². The first-order chi connectivity index (χ1) is 10.5. The van der Waals surface area contributed by atoms with E-state index in [0.717, 1.165) is 51.9 Å². The van der Waals surface area contributed by atoms with E-state index < -0.39 is 11.5 Å². The molecule has 0 radical (unpaired) electrons. The van der Waals surface area contributed by atoms with E-state index in [1.165, 1.54) is 0 Å². The first-order valence-electron chi connectivity index (χ1n) is 8.28. The van der Waals surface area contributed by atoms with Crippen LogP contribution in [-0.2, 0) is 4.79 Å². The third-order valence-corrected chi connectivity index (χ3v) is 5.44. The molecule has 2 aliphatic heterocycles. The lowest BCUT2D eigenvalue weighted by Gasteiger charge is -2.44. The van der Waals surface area contributed by atoms with E-state index in [2.05, 4.69) is 35.2 Å². The Labute approximate surface area is 132 Å². The van der Waals surface area contributed by atoms with Crippen molar-refractivity contribution in [2.75, 3.05) is 33.2 Å². The Morgan fingerprint density at radius 3 is 2.50 bits per heavy atom. The molecular weight excluding hydrogens is 278 g/mol. The molecule has 1 saturated carbocycles. The number of aliphatic imine (C=N–C) groups is 1. The summed E-state index contributed by atoms with van der Waals surface area (Å²) in [7, 11) is 2.11. The predicted molar refractivity (Wildman–Crippen MR) is 84.1 cm³/mol. The molecule has 1 aliphatic carbocycles. The van der Waals surface area contributed by atoms with Crippen molar-refractivity contribution in [2.45, 2.75) is 38.1 Å². The van der Waals surface area contributed by atoms with Gasteiger partial charge in [-0.3, -0.25) is 10.1 Å². The maximum absolute atomic E-state index is 12.4. The normalized spacial score (nSPS) is 36.7. The number of nitriles is 1. The second-order valence-electron chi connectivity index (χ2n) is 7.06. The zero-order valence-corrected chi connectivity index (χ0v) is 13.5. The van der Waals surface area contributed by atoms with Gasteiger partial charge in [-0.05, 0) is 38.6 Å². The van der Waals surface area contributed by atoms with Gasteiger partial charge in [-0.1, -0.05) is 6.92 Å². The van der Waals surface area contributed by atoms with Gasteiger partial charge < -0.3 is 9.80 Å². The Bertz CT molecular complexity index is 507. The number of likely N-dealkylation sites (N-methyl/N-ethyl adjacent to an activating group) is 1. The quantitative estimate of drug-likeness (QED) is 0.719. The van der Waals surface area contributed by atoms with Gasteiger partial charge in [0.25, 0.3) is 0 Å². The van der Waals surface area contributed by atoms with Gasteiger partial charge >= 0.3 is 0 Å². The van der Waals surface area contributed by atoms with Gasteiger partial charge in [0.2, 0.25) is 11.9 Å². The number of guanidine groups is 1. The smallest absolute Gasteiger partial charge is 0.246 e. The lowest BCUT2D eigenvalue weighted by Crippen LogP contribution is -2.60. The molecule has 1 N–H and O–H groups in total. The summed E-state index contributed by atoms with van der Waals surface area (Å²) in [5.41, 5.74) is -0.498. The van der Waals surface area contributed by atoms with E-state index in [0.29, 0.717) is 11.9 Å². The number of amides is 1. The van der Waals surface area contributed by atoms with Crippen molar-refractivity contribution in [3.05, 3.63) is 0 Å². The van der Waals surface area contributed by atoms with Gasteiger partial charge in [0.15, 0.2) is 5.92 Å². The maximum Gasteiger partial charge on any atom is 0.246 e. The van der Waals surface area contributed by atoms with Crippen molar-refractivity contribution in [3.63, 3.8) is 0 Å². The minimum Gasteiger partial charge on any atom is -0.340 e. The average molecular weight is 303 g/mol. The Kier molecular flexibility index (Phi) is 4.09. The maximum atomic E-state index is 12.4. The van der Waals surface area contributed by atoms with Crippen LogP contribution in [0.2, 0.25) is 0 Å². The molecule has 1 amide bonds. The fourth-order valence-electron chi connectivity index (χ4n) is 3.74. The summed E-state index contributed by atoms with van der Waals surface area (Å²) in [5.74, 6) is 0.550. The molecule has 1 saturated heterocycles. The topological polar surface area (TPSA) is 71.7 Å². The fraction of sp³-hybridized carbons (Fsp3) is 0.812. The van der Waals surface area contributed by atoms with Crippen molar-refractivity contribution in [1.29, 1.82) is 5.26 Å². The molecule has 120 valence electrons. The first-order valence-corrected chi connectivity index (χ1v) is 8.28. The highest BCUT2D eigenvalue weighted by molar-refractivity contribution is 6.02. The standard InChI is InChI=1S/C16H25N5O/c1-12-3-5-16(6-4-12)13(11-17)14(22)18-15(19-16)21-9-7-20(2)8-10-21/h12-13H,3-10H2,1-2H3,(H,18,19,22). The lowest BCUT2D eigenvalue weighted by atomic mass is 9.70. The van der Waals surface area contributed by atoms with Crippen LogP contribution in [0.25, 0.3) is 0 Å². The Morgan fingerprint density at radius 1 is 1.27 bits per heavy atom.